The van der Waals surface area contributed by atoms with E-state index in [2.05, 4.69) is 4.99 Å². The summed E-state index contributed by atoms with van der Waals surface area (Å²) in [5.41, 5.74) is -2.76. The highest BCUT2D eigenvalue weighted by Gasteiger charge is 2.58. The maximum absolute atomic E-state index is 13.5. The summed E-state index contributed by atoms with van der Waals surface area (Å²) in [6, 6.07) is 11.3. The molecule has 0 saturated heterocycles. The van der Waals surface area contributed by atoms with E-state index in [4.69, 9.17) is 9.88 Å². The summed E-state index contributed by atoms with van der Waals surface area (Å²) >= 11 is 0. The van der Waals surface area contributed by atoms with Crippen LogP contribution in [-0.2, 0) is 10.0 Å². The van der Waals surface area contributed by atoms with Crippen LogP contribution >= 0.6 is 0 Å². The number of rotatable bonds is 7. The number of primary sulfonamides is 1. The van der Waals surface area contributed by atoms with Crippen LogP contribution in [0.3, 0.4) is 0 Å². The summed E-state index contributed by atoms with van der Waals surface area (Å²) in [5, 5.41) is 15.2. The third kappa shape index (κ3) is 5.00. The van der Waals surface area contributed by atoms with Crippen molar-refractivity contribution >= 4 is 21.5 Å². The van der Waals surface area contributed by atoms with Crippen LogP contribution in [0.2, 0.25) is 0 Å². The number of nitrogens with zero attached hydrogens (tertiary/aromatic N) is 2. The molecule has 11 heteroatoms. The summed E-state index contributed by atoms with van der Waals surface area (Å²) in [6.45, 7) is 1.70. The zero-order chi connectivity index (χ0) is 22.9. The van der Waals surface area contributed by atoms with Crippen LogP contribution in [0, 0.1) is 0 Å². The molecule has 3 rings (SSSR count). The molecule has 0 amide bonds. The van der Waals surface area contributed by atoms with Gasteiger partial charge in [0, 0.05) is 11.3 Å². The molecule has 1 aliphatic heterocycles. The van der Waals surface area contributed by atoms with Crippen LogP contribution in [0.4, 0.5) is 18.9 Å². The lowest BCUT2D eigenvalue weighted by atomic mass is 10.1. The summed E-state index contributed by atoms with van der Waals surface area (Å²) in [5.74, 6) is 0.416. The molecule has 0 radical (unpaired) electrons. The molecule has 1 aliphatic rings. The van der Waals surface area contributed by atoms with Crippen LogP contribution in [0.15, 0.2) is 58.4 Å². The molecule has 1 unspecified atom stereocenters. The number of amidine groups is 1. The zero-order valence-corrected chi connectivity index (χ0v) is 17.4. The maximum atomic E-state index is 13.5. The molecular formula is C20H22F3N3O4S. The number of hydrogen-bond acceptors (Lipinski definition) is 6. The van der Waals surface area contributed by atoms with Crippen molar-refractivity contribution in [3.63, 3.8) is 0 Å². The molecule has 2 aromatic rings. The van der Waals surface area contributed by atoms with Gasteiger partial charge in [-0.15, -0.1) is 0 Å². The largest absolute Gasteiger partial charge is 0.494 e. The fraction of sp³-hybridized carbons (Fsp3) is 0.350. The minimum Gasteiger partial charge on any atom is -0.494 e. The average molecular weight is 457 g/mol. The summed E-state index contributed by atoms with van der Waals surface area (Å²) in [6.07, 6.45) is -3.17. The number of sulfonamides is 1. The van der Waals surface area contributed by atoms with E-state index >= 15 is 0 Å². The van der Waals surface area contributed by atoms with Gasteiger partial charge < -0.3 is 14.7 Å². The lowest BCUT2D eigenvalue weighted by Crippen LogP contribution is -2.47. The number of anilines is 1. The lowest BCUT2D eigenvalue weighted by Gasteiger charge is -2.25. The number of alkyl halides is 3. The Hall–Kier alpha value is -2.63. The van der Waals surface area contributed by atoms with Crippen molar-refractivity contribution < 1.29 is 31.4 Å². The van der Waals surface area contributed by atoms with Crippen molar-refractivity contribution in [2.45, 2.75) is 36.6 Å². The second-order valence-electron chi connectivity index (χ2n) is 7.10. The van der Waals surface area contributed by atoms with Crippen molar-refractivity contribution in [3.05, 3.63) is 54.1 Å². The zero-order valence-electron chi connectivity index (χ0n) is 16.6. The van der Waals surface area contributed by atoms with Crippen LogP contribution in [0.5, 0.6) is 5.75 Å². The predicted octanol–water partition coefficient (Wildman–Crippen LogP) is 3.03. The Morgan fingerprint density at radius 2 is 1.77 bits per heavy atom. The first-order chi connectivity index (χ1) is 14.4. The van der Waals surface area contributed by atoms with Gasteiger partial charge in [-0.2, -0.15) is 13.2 Å². The minimum atomic E-state index is -5.00. The molecule has 168 valence electrons. The van der Waals surface area contributed by atoms with E-state index in [0.29, 0.717) is 18.0 Å². The van der Waals surface area contributed by atoms with Gasteiger partial charge in [0.15, 0.2) is 0 Å². The Balaban J connectivity index is 1.96. The predicted molar refractivity (Wildman–Crippen MR) is 110 cm³/mol. The standard InChI is InChI=1S/C20H22F3N3O4S/c1-2-3-12-30-16-8-6-15(7-9-16)26-13-19(27,20(21,22)23)25-18(26)14-4-10-17(11-5-14)31(24,28)29/h4-11,27H,2-3,12-13H2,1H3,(H2,24,28,29). The van der Waals surface area contributed by atoms with Crippen molar-refractivity contribution in [2.75, 3.05) is 18.1 Å². The van der Waals surface area contributed by atoms with E-state index < -0.39 is 28.5 Å². The van der Waals surface area contributed by atoms with E-state index in [1.807, 2.05) is 6.92 Å². The molecular weight excluding hydrogens is 435 g/mol. The molecule has 7 nitrogen and oxygen atoms in total. The Morgan fingerprint density at radius 3 is 2.29 bits per heavy atom. The van der Waals surface area contributed by atoms with Crippen LogP contribution < -0.4 is 14.8 Å². The molecule has 3 N–H and O–H groups in total. The highest BCUT2D eigenvalue weighted by Crippen LogP contribution is 2.39. The number of aliphatic imine (C=N–C) groups is 1. The van der Waals surface area contributed by atoms with Gasteiger partial charge in [-0.05, 0) is 55.0 Å². The third-order valence-corrected chi connectivity index (χ3v) is 5.66. The van der Waals surface area contributed by atoms with Crippen molar-refractivity contribution in [2.24, 2.45) is 10.1 Å². The van der Waals surface area contributed by atoms with Gasteiger partial charge in [-0.25, -0.2) is 18.5 Å². The van der Waals surface area contributed by atoms with Crippen molar-refractivity contribution in [1.82, 2.24) is 0 Å². The van der Waals surface area contributed by atoms with Crippen LogP contribution in [-0.4, -0.2) is 44.4 Å². The summed E-state index contributed by atoms with van der Waals surface area (Å²) in [4.78, 5) is 4.58. The van der Waals surface area contributed by atoms with E-state index in [0.717, 1.165) is 12.8 Å². The number of unbranched alkanes of at least 4 members (excludes halogenated alkanes) is 1. The quantitative estimate of drug-likeness (QED) is 0.622. The Morgan fingerprint density at radius 1 is 1.16 bits per heavy atom. The first-order valence-corrected chi connectivity index (χ1v) is 11.0. The number of hydrogen-bond donors (Lipinski definition) is 2. The van der Waals surface area contributed by atoms with E-state index in [1.165, 1.54) is 29.2 Å². The number of nitrogens with two attached hydrogens (primary N) is 1. The average Bonchev–Trinajstić information content (AvgIpc) is 3.07. The number of halogens is 3. The molecule has 0 aromatic heterocycles. The Kier molecular flexibility index (Phi) is 6.30. The number of aliphatic hydroxyl groups is 1. The fourth-order valence-electron chi connectivity index (χ4n) is 3.00. The highest BCUT2D eigenvalue weighted by molar-refractivity contribution is 7.89. The molecule has 0 bridgehead atoms. The Labute approximate surface area is 178 Å². The van der Waals surface area contributed by atoms with Gasteiger partial charge in [0.05, 0.1) is 18.0 Å². The maximum Gasteiger partial charge on any atom is 0.440 e. The third-order valence-electron chi connectivity index (χ3n) is 4.74. The van der Waals surface area contributed by atoms with Gasteiger partial charge in [-0.3, -0.25) is 0 Å². The lowest BCUT2D eigenvalue weighted by molar-refractivity contribution is -0.249. The molecule has 1 atom stereocenters. The van der Waals surface area contributed by atoms with E-state index in [9.17, 15) is 26.7 Å². The van der Waals surface area contributed by atoms with Crippen molar-refractivity contribution in [1.29, 1.82) is 0 Å². The number of ether oxygens (including phenoxy) is 1. The molecule has 0 spiro atoms. The smallest absolute Gasteiger partial charge is 0.440 e. The van der Waals surface area contributed by atoms with Crippen LogP contribution in [0.1, 0.15) is 25.3 Å². The van der Waals surface area contributed by atoms with Crippen LogP contribution in [0.25, 0.3) is 0 Å². The molecule has 2 aromatic carbocycles. The fourth-order valence-corrected chi connectivity index (χ4v) is 3.52. The van der Waals surface area contributed by atoms with E-state index in [1.54, 1.807) is 24.3 Å². The molecule has 1 heterocycles. The second kappa shape index (κ2) is 8.48. The van der Waals surface area contributed by atoms with Gasteiger partial charge in [0.1, 0.15) is 11.6 Å². The van der Waals surface area contributed by atoms with Gasteiger partial charge >= 0.3 is 6.18 Å². The minimum absolute atomic E-state index is 0.152. The highest BCUT2D eigenvalue weighted by atomic mass is 32.2. The van der Waals surface area contributed by atoms with Gasteiger partial charge in [-0.1, -0.05) is 13.3 Å². The number of β-amino-alcohol motifs (C(OH)–C–C–N with tert-alkyl or cyclic N) is 1. The van der Waals surface area contributed by atoms with Crippen molar-refractivity contribution in [3.8, 4) is 5.75 Å². The summed E-state index contributed by atoms with van der Waals surface area (Å²) in [7, 11) is -3.97. The molecule has 0 saturated carbocycles. The first-order valence-electron chi connectivity index (χ1n) is 9.47. The Bertz CT molecular complexity index is 1050. The number of benzene rings is 2. The first kappa shape index (κ1) is 23.0. The van der Waals surface area contributed by atoms with E-state index in [-0.39, 0.29) is 16.3 Å². The monoisotopic (exact) mass is 457 g/mol. The molecule has 0 fully saturated rings. The topological polar surface area (TPSA) is 105 Å². The van der Waals surface area contributed by atoms with Gasteiger partial charge in [0.2, 0.25) is 10.0 Å². The van der Waals surface area contributed by atoms with Gasteiger partial charge in [0.25, 0.3) is 5.72 Å². The molecule has 31 heavy (non-hydrogen) atoms. The SMILES string of the molecule is CCCCOc1ccc(N2CC(O)(C(F)(F)F)N=C2c2ccc(S(N)(=O)=O)cc2)cc1. The summed E-state index contributed by atoms with van der Waals surface area (Å²) < 4.78 is 68.9. The normalized spacial score (nSPS) is 19.4. The molecule has 0 aliphatic carbocycles. The second-order valence-corrected chi connectivity index (χ2v) is 8.66.